The van der Waals surface area contributed by atoms with Crippen LogP contribution in [-0.2, 0) is 6.42 Å². The maximum Gasteiger partial charge on any atom is 0.0704 e. The molecule has 1 nitrogen and oxygen atoms in total. The average molecular weight is 415 g/mol. The molecule has 1 aliphatic carbocycles. The van der Waals surface area contributed by atoms with E-state index in [1.165, 1.54) is 34.2 Å². The molecule has 0 spiro atoms. The Bertz CT molecular complexity index is 591. The lowest BCUT2D eigenvalue weighted by Crippen LogP contribution is -2.27. The Morgan fingerprint density at radius 2 is 2.00 bits per heavy atom. The average Bonchev–Trinajstić information content (AvgIpc) is 2.81. The molecule has 4 heteroatoms. The van der Waals surface area contributed by atoms with Crippen LogP contribution in [0.4, 0.5) is 0 Å². The van der Waals surface area contributed by atoms with E-state index in [4.69, 9.17) is 0 Å². The zero-order valence-electron chi connectivity index (χ0n) is 11.3. The number of halogens is 2. The zero-order valence-corrected chi connectivity index (χ0v) is 15.3. The fourth-order valence-corrected chi connectivity index (χ4v) is 4.93. The summed E-state index contributed by atoms with van der Waals surface area (Å²) in [5, 5.41) is 3.79. The predicted octanol–water partition coefficient (Wildman–Crippen LogP) is 6.00. The maximum absolute atomic E-state index is 3.79. The summed E-state index contributed by atoms with van der Waals surface area (Å²) in [7, 11) is 0. The van der Waals surface area contributed by atoms with Gasteiger partial charge in [-0.15, -0.1) is 11.3 Å². The molecule has 106 valence electrons. The van der Waals surface area contributed by atoms with Gasteiger partial charge in [0.15, 0.2) is 0 Å². The highest BCUT2D eigenvalue weighted by Gasteiger charge is 2.24. The number of aryl methyl sites for hydroxylation is 1. The molecule has 0 saturated carbocycles. The first kappa shape index (κ1) is 14.8. The van der Waals surface area contributed by atoms with E-state index in [9.17, 15) is 0 Å². The van der Waals surface area contributed by atoms with Gasteiger partial charge in [-0.25, -0.2) is 0 Å². The highest BCUT2D eigenvalue weighted by molar-refractivity contribution is 9.11. The van der Waals surface area contributed by atoms with Gasteiger partial charge < -0.3 is 5.32 Å². The first-order valence-corrected chi connectivity index (χ1v) is 9.33. The Kier molecular flexibility index (Phi) is 4.65. The molecular formula is C16H17Br2NS. The minimum atomic E-state index is 0.373. The molecule has 2 atom stereocenters. The van der Waals surface area contributed by atoms with Crippen LogP contribution in [0.5, 0.6) is 0 Å². The Balaban J connectivity index is 1.76. The largest absolute Gasteiger partial charge is 0.303 e. The van der Waals surface area contributed by atoms with Gasteiger partial charge in [-0.3, -0.25) is 0 Å². The minimum Gasteiger partial charge on any atom is -0.303 e. The van der Waals surface area contributed by atoms with E-state index in [0.29, 0.717) is 12.1 Å². The maximum atomic E-state index is 3.79. The van der Waals surface area contributed by atoms with Crippen LogP contribution in [0.15, 0.2) is 38.6 Å². The van der Waals surface area contributed by atoms with E-state index in [2.05, 4.69) is 74.4 Å². The quantitative estimate of drug-likeness (QED) is 0.649. The number of hydrogen-bond acceptors (Lipinski definition) is 2. The van der Waals surface area contributed by atoms with Gasteiger partial charge in [-0.05, 0) is 71.4 Å². The SMILES string of the molecule is CC(NC1CCCc2sc(Br)cc21)c1ccc(Br)cc1. The molecular weight excluding hydrogens is 398 g/mol. The summed E-state index contributed by atoms with van der Waals surface area (Å²) in [6.45, 7) is 2.25. The zero-order chi connectivity index (χ0) is 14.1. The van der Waals surface area contributed by atoms with Crippen molar-refractivity contribution >= 4 is 43.2 Å². The van der Waals surface area contributed by atoms with Crippen LogP contribution < -0.4 is 5.32 Å². The second-order valence-electron chi connectivity index (χ2n) is 5.31. The van der Waals surface area contributed by atoms with Crippen molar-refractivity contribution in [3.63, 3.8) is 0 Å². The predicted molar refractivity (Wildman–Crippen MR) is 93.4 cm³/mol. The van der Waals surface area contributed by atoms with Crippen molar-refractivity contribution in [1.29, 1.82) is 0 Å². The molecule has 1 aliphatic rings. The molecule has 1 aromatic heterocycles. The second-order valence-corrected chi connectivity index (χ2v) is 8.75. The summed E-state index contributed by atoms with van der Waals surface area (Å²) in [5.41, 5.74) is 2.84. The second kappa shape index (κ2) is 6.30. The lowest BCUT2D eigenvalue weighted by Gasteiger charge is -2.27. The molecule has 0 bridgehead atoms. The van der Waals surface area contributed by atoms with Crippen molar-refractivity contribution in [2.45, 2.75) is 38.3 Å². The summed E-state index contributed by atoms with van der Waals surface area (Å²) in [6.07, 6.45) is 3.75. The number of nitrogens with one attached hydrogen (secondary N) is 1. The smallest absolute Gasteiger partial charge is 0.0704 e. The van der Waals surface area contributed by atoms with Gasteiger partial charge in [0.05, 0.1) is 3.79 Å². The van der Waals surface area contributed by atoms with Crippen LogP contribution in [0.25, 0.3) is 0 Å². The third kappa shape index (κ3) is 3.19. The van der Waals surface area contributed by atoms with Crippen LogP contribution in [0, 0.1) is 0 Å². The fourth-order valence-electron chi connectivity index (χ4n) is 2.84. The van der Waals surface area contributed by atoms with Crippen LogP contribution >= 0.6 is 43.2 Å². The van der Waals surface area contributed by atoms with E-state index >= 15 is 0 Å². The summed E-state index contributed by atoms with van der Waals surface area (Å²) in [6, 6.07) is 11.8. The summed E-state index contributed by atoms with van der Waals surface area (Å²) in [4.78, 5) is 1.55. The molecule has 0 saturated heterocycles. The van der Waals surface area contributed by atoms with E-state index < -0.39 is 0 Å². The molecule has 3 rings (SSSR count). The van der Waals surface area contributed by atoms with Crippen molar-refractivity contribution in [2.75, 3.05) is 0 Å². The molecule has 1 heterocycles. The van der Waals surface area contributed by atoms with Gasteiger partial charge in [0.2, 0.25) is 0 Å². The summed E-state index contributed by atoms with van der Waals surface area (Å²) >= 11 is 9.01. The topological polar surface area (TPSA) is 12.0 Å². The molecule has 2 aromatic rings. The van der Waals surface area contributed by atoms with Gasteiger partial charge in [-0.2, -0.15) is 0 Å². The molecule has 20 heavy (non-hydrogen) atoms. The van der Waals surface area contributed by atoms with E-state index in [-0.39, 0.29) is 0 Å². The Morgan fingerprint density at radius 3 is 2.75 bits per heavy atom. The molecule has 1 N–H and O–H groups in total. The van der Waals surface area contributed by atoms with E-state index in [1.54, 1.807) is 4.88 Å². The number of rotatable bonds is 3. The molecule has 0 aliphatic heterocycles. The molecule has 0 fully saturated rings. The van der Waals surface area contributed by atoms with Crippen LogP contribution in [0.1, 0.15) is 47.9 Å². The highest BCUT2D eigenvalue weighted by Crippen LogP contribution is 2.38. The summed E-state index contributed by atoms with van der Waals surface area (Å²) in [5.74, 6) is 0. The standard InChI is InChI=1S/C16H17Br2NS/c1-10(11-5-7-12(17)8-6-11)19-14-3-2-4-15-13(14)9-16(18)20-15/h5-10,14,19H,2-4H2,1H3. The third-order valence-electron chi connectivity index (χ3n) is 3.90. The molecule has 0 amide bonds. The lowest BCUT2D eigenvalue weighted by atomic mass is 9.93. The Labute approximate surface area is 141 Å². The Hall–Kier alpha value is -0.160. The molecule has 1 aromatic carbocycles. The van der Waals surface area contributed by atoms with Gasteiger partial charge in [0, 0.05) is 21.4 Å². The van der Waals surface area contributed by atoms with E-state index in [0.717, 1.165) is 4.47 Å². The fraction of sp³-hybridized carbons (Fsp3) is 0.375. The highest BCUT2D eigenvalue weighted by atomic mass is 79.9. The van der Waals surface area contributed by atoms with Crippen molar-refractivity contribution in [3.8, 4) is 0 Å². The van der Waals surface area contributed by atoms with Crippen molar-refractivity contribution in [1.82, 2.24) is 5.32 Å². The lowest BCUT2D eigenvalue weighted by molar-refractivity contribution is 0.418. The normalized spacial score (nSPS) is 19.6. The first-order valence-electron chi connectivity index (χ1n) is 6.93. The van der Waals surface area contributed by atoms with Crippen LogP contribution in [0.3, 0.4) is 0 Å². The molecule has 2 unspecified atom stereocenters. The number of fused-ring (bicyclic) bond motifs is 1. The minimum absolute atomic E-state index is 0.373. The van der Waals surface area contributed by atoms with Crippen molar-refractivity contribution in [3.05, 3.63) is 54.6 Å². The Morgan fingerprint density at radius 1 is 1.25 bits per heavy atom. The van der Waals surface area contributed by atoms with E-state index in [1.807, 2.05) is 11.3 Å². The van der Waals surface area contributed by atoms with Crippen LogP contribution in [-0.4, -0.2) is 0 Å². The molecule has 0 radical (unpaired) electrons. The van der Waals surface area contributed by atoms with Crippen LogP contribution in [0.2, 0.25) is 0 Å². The number of benzene rings is 1. The first-order chi connectivity index (χ1) is 9.63. The van der Waals surface area contributed by atoms with Crippen molar-refractivity contribution in [2.24, 2.45) is 0 Å². The number of thiophene rings is 1. The monoisotopic (exact) mass is 413 g/mol. The number of hydrogen-bond donors (Lipinski definition) is 1. The third-order valence-corrected chi connectivity index (χ3v) is 6.15. The van der Waals surface area contributed by atoms with Gasteiger partial charge >= 0.3 is 0 Å². The van der Waals surface area contributed by atoms with Gasteiger partial charge in [-0.1, -0.05) is 28.1 Å². The summed E-state index contributed by atoms with van der Waals surface area (Å²) < 4.78 is 2.39. The van der Waals surface area contributed by atoms with Gasteiger partial charge in [0.25, 0.3) is 0 Å². The van der Waals surface area contributed by atoms with Crippen molar-refractivity contribution < 1.29 is 0 Å². The van der Waals surface area contributed by atoms with Gasteiger partial charge in [0.1, 0.15) is 0 Å².